The minimum atomic E-state index is -0.474. The third kappa shape index (κ3) is 5.86. The van der Waals surface area contributed by atoms with Crippen molar-refractivity contribution in [3.8, 4) is 67.5 Å². The predicted molar refractivity (Wildman–Crippen MR) is 242 cm³/mol. The van der Waals surface area contributed by atoms with Crippen LogP contribution < -0.4 is 0 Å². The topological polar surface area (TPSA) is 38.7 Å². The van der Waals surface area contributed by atoms with Gasteiger partial charge in [-0.05, 0) is 78.5 Å². The summed E-state index contributed by atoms with van der Waals surface area (Å²) in [6.45, 7) is 0. The van der Waals surface area contributed by atoms with Crippen molar-refractivity contribution in [1.29, 1.82) is 0 Å². The minimum absolute atomic E-state index is 0.474. The molecule has 59 heavy (non-hydrogen) atoms. The van der Waals surface area contributed by atoms with E-state index in [1.54, 1.807) is 0 Å². The van der Waals surface area contributed by atoms with Crippen molar-refractivity contribution < 1.29 is 0 Å². The summed E-state index contributed by atoms with van der Waals surface area (Å²) >= 11 is 0. The molecule has 1 heterocycles. The van der Waals surface area contributed by atoms with E-state index >= 15 is 0 Å². The molecule has 0 amide bonds. The highest BCUT2D eigenvalue weighted by molar-refractivity contribution is 6.02. The molecular formula is C56H37N3. The lowest BCUT2D eigenvalue weighted by atomic mass is 9.66. The molecule has 1 aliphatic rings. The van der Waals surface area contributed by atoms with E-state index in [-0.39, 0.29) is 0 Å². The summed E-state index contributed by atoms with van der Waals surface area (Å²) in [5.74, 6) is 1.95. The Morgan fingerprint density at radius 2 is 0.712 bits per heavy atom. The summed E-state index contributed by atoms with van der Waals surface area (Å²) in [6.07, 6.45) is 0. The Labute approximate surface area is 344 Å². The van der Waals surface area contributed by atoms with E-state index in [1.165, 1.54) is 55.3 Å². The van der Waals surface area contributed by atoms with E-state index in [1.807, 2.05) is 60.7 Å². The molecule has 1 aliphatic carbocycles. The van der Waals surface area contributed by atoms with Gasteiger partial charge in [-0.3, -0.25) is 0 Å². The van der Waals surface area contributed by atoms with Gasteiger partial charge in [-0.1, -0.05) is 212 Å². The standard InChI is InChI=1S/C56H37N3/c1-5-16-40(17-6-1)53-57-54(41-18-7-2-8-19-41)59-55(58-53)42-31-28-38(29-32-42)43-20-15-21-44(36-43)45-33-30-39-34-35-49-48-26-13-14-27-51(48)56(52(49)50(39)37-45,46-22-9-3-10-23-46)47-24-11-4-12-25-47/h1-37H. The van der Waals surface area contributed by atoms with Gasteiger partial charge in [0.15, 0.2) is 17.5 Å². The fourth-order valence-corrected chi connectivity index (χ4v) is 9.08. The molecule has 11 rings (SSSR count). The van der Waals surface area contributed by atoms with Crippen LogP contribution in [0.25, 0.3) is 78.3 Å². The molecule has 0 atom stereocenters. The molecule has 10 aromatic rings. The molecule has 0 radical (unpaired) electrons. The van der Waals surface area contributed by atoms with Crippen LogP contribution in [0.4, 0.5) is 0 Å². The van der Waals surface area contributed by atoms with Gasteiger partial charge in [-0.15, -0.1) is 0 Å². The Bertz CT molecular complexity index is 3030. The SMILES string of the molecule is c1ccc(-c2nc(-c3ccccc3)nc(-c3ccc(-c4cccc(-c5ccc6ccc7c(c6c5)C(c5ccccc5)(c5ccccc5)c5ccccc5-7)c4)cc3)n2)cc1. The van der Waals surface area contributed by atoms with Crippen LogP contribution in [0.5, 0.6) is 0 Å². The molecule has 0 saturated heterocycles. The number of hydrogen-bond donors (Lipinski definition) is 0. The average molecular weight is 752 g/mol. The van der Waals surface area contributed by atoms with Crippen molar-refractivity contribution in [3.05, 3.63) is 247 Å². The van der Waals surface area contributed by atoms with Crippen LogP contribution in [0.3, 0.4) is 0 Å². The summed E-state index contributed by atoms with van der Waals surface area (Å²) in [4.78, 5) is 14.8. The molecular weight excluding hydrogens is 715 g/mol. The molecule has 0 bridgehead atoms. The summed E-state index contributed by atoms with van der Waals surface area (Å²) in [5.41, 5.74) is 14.8. The van der Waals surface area contributed by atoms with Gasteiger partial charge in [-0.25, -0.2) is 15.0 Å². The fraction of sp³-hybridized carbons (Fsp3) is 0.0179. The first-order valence-electron chi connectivity index (χ1n) is 20.1. The Hall–Kier alpha value is -7.75. The Morgan fingerprint density at radius 1 is 0.288 bits per heavy atom. The maximum Gasteiger partial charge on any atom is 0.164 e. The van der Waals surface area contributed by atoms with Crippen molar-refractivity contribution >= 4 is 10.8 Å². The molecule has 0 saturated carbocycles. The number of hydrogen-bond acceptors (Lipinski definition) is 3. The van der Waals surface area contributed by atoms with Crippen molar-refractivity contribution in [2.24, 2.45) is 0 Å². The Kier molecular flexibility index (Phi) is 8.37. The van der Waals surface area contributed by atoms with Gasteiger partial charge in [0.1, 0.15) is 0 Å². The van der Waals surface area contributed by atoms with Crippen LogP contribution in [0.1, 0.15) is 22.3 Å². The number of fused-ring (bicyclic) bond motifs is 5. The van der Waals surface area contributed by atoms with Crippen molar-refractivity contribution in [1.82, 2.24) is 15.0 Å². The summed E-state index contributed by atoms with van der Waals surface area (Å²) < 4.78 is 0. The highest BCUT2D eigenvalue weighted by Crippen LogP contribution is 2.58. The second-order valence-corrected chi connectivity index (χ2v) is 15.1. The average Bonchev–Trinajstić information content (AvgIpc) is 3.64. The second-order valence-electron chi connectivity index (χ2n) is 15.1. The van der Waals surface area contributed by atoms with E-state index in [4.69, 9.17) is 15.0 Å². The highest BCUT2D eigenvalue weighted by atomic mass is 15.0. The van der Waals surface area contributed by atoms with Crippen LogP contribution in [0.2, 0.25) is 0 Å². The third-order valence-corrected chi connectivity index (χ3v) is 11.8. The zero-order chi connectivity index (χ0) is 39.2. The van der Waals surface area contributed by atoms with Crippen molar-refractivity contribution in [3.63, 3.8) is 0 Å². The lowest BCUT2D eigenvalue weighted by Gasteiger charge is -2.34. The summed E-state index contributed by atoms with van der Waals surface area (Å²) in [6, 6.07) is 80.3. The van der Waals surface area contributed by atoms with Gasteiger partial charge in [0.05, 0.1) is 5.41 Å². The molecule has 0 N–H and O–H groups in total. The van der Waals surface area contributed by atoms with Gasteiger partial charge in [0.25, 0.3) is 0 Å². The second kappa shape index (κ2) is 14.3. The lowest BCUT2D eigenvalue weighted by Crippen LogP contribution is -2.28. The maximum atomic E-state index is 4.94. The Morgan fingerprint density at radius 3 is 1.31 bits per heavy atom. The summed E-state index contributed by atoms with van der Waals surface area (Å²) in [7, 11) is 0. The smallest absolute Gasteiger partial charge is 0.164 e. The van der Waals surface area contributed by atoms with E-state index in [0.29, 0.717) is 17.5 Å². The quantitative estimate of drug-likeness (QED) is 0.163. The Balaban J connectivity index is 1.01. The van der Waals surface area contributed by atoms with Gasteiger partial charge < -0.3 is 0 Å². The van der Waals surface area contributed by atoms with Crippen LogP contribution in [-0.2, 0) is 5.41 Å². The van der Waals surface area contributed by atoms with E-state index in [2.05, 4.69) is 164 Å². The molecule has 9 aromatic carbocycles. The van der Waals surface area contributed by atoms with E-state index in [9.17, 15) is 0 Å². The third-order valence-electron chi connectivity index (χ3n) is 11.8. The number of aromatic nitrogens is 3. The molecule has 0 fully saturated rings. The highest BCUT2D eigenvalue weighted by Gasteiger charge is 2.47. The molecule has 276 valence electrons. The van der Waals surface area contributed by atoms with E-state index < -0.39 is 5.41 Å². The molecule has 0 spiro atoms. The number of benzene rings is 9. The number of nitrogens with zero attached hydrogens (tertiary/aromatic N) is 3. The zero-order valence-electron chi connectivity index (χ0n) is 32.2. The molecule has 3 heteroatoms. The van der Waals surface area contributed by atoms with Crippen LogP contribution in [0.15, 0.2) is 224 Å². The van der Waals surface area contributed by atoms with Gasteiger partial charge in [0.2, 0.25) is 0 Å². The normalized spacial score (nSPS) is 12.5. The number of rotatable bonds is 7. The molecule has 1 aromatic heterocycles. The largest absolute Gasteiger partial charge is 0.208 e. The first-order chi connectivity index (χ1) is 29.2. The zero-order valence-corrected chi connectivity index (χ0v) is 32.2. The van der Waals surface area contributed by atoms with Crippen molar-refractivity contribution in [2.75, 3.05) is 0 Å². The van der Waals surface area contributed by atoms with Gasteiger partial charge in [0, 0.05) is 16.7 Å². The molecule has 3 nitrogen and oxygen atoms in total. The first kappa shape index (κ1) is 34.5. The fourth-order valence-electron chi connectivity index (χ4n) is 9.08. The van der Waals surface area contributed by atoms with Gasteiger partial charge >= 0.3 is 0 Å². The predicted octanol–water partition coefficient (Wildman–Crippen LogP) is 13.7. The minimum Gasteiger partial charge on any atom is -0.208 e. The van der Waals surface area contributed by atoms with Crippen LogP contribution in [-0.4, -0.2) is 15.0 Å². The maximum absolute atomic E-state index is 4.94. The van der Waals surface area contributed by atoms with E-state index in [0.717, 1.165) is 27.8 Å². The summed E-state index contributed by atoms with van der Waals surface area (Å²) in [5, 5.41) is 2.49. The molecule has 0 unspecified atom stereocenters. The van der Waals surface area contributed by atoms with Gasteiger partial charge in [-0.2, -0.15) is 0 Å². The lowest BCUT2D eigenvalue weighted by molar-refractivity contribution is 0.775. The van der Waals surface area contributed by atoms with Crippen LogP contribution >= 0.6 is 0 Å². The van der Waals surface area contributed by atoms with Crippen LogP contribution in [0, 0.1) is 0 Å². The molecule has 0 aliphatic heterocycles. The first-order valence-corrected chi connectivity index (χ1v) is 20.1. The van der Waals surface area contributed by atoms with Crippen molar-refractivity contribution in [2.45, 2.75) is 5.41 Å². The monoisotopic (exact) mass is 751 g/mol.